The van der Waals surface area contributed by atoms with Crippen molar-refractivity contribution in [2.75, 3.05) is 5.01 Å². The summed E-state index contributed by atoms with van der Waals surface area (Å²) < 4.78 is 0. The molecule has 7 nitrogen and oxygen atoms in total. The van der Waals surface area contributed by atoms with Crippen molar-refractivity contribution in [1.82, 2.24) is 4.90 Å². The van der Waals surface area contributed by atoms with Gasteiger partial charge in [0.2, 0.25) is 11.7 Å². The van der Waals surface area contributed by atoms with E-state index in [2.05, 4.69) is 0 Å². The normalized spacial score (nSPS) is 22.2. The second-order valence-corrected chi connectivity index (χ2v) is 6.53. The number of benzene rings is 1. The fourth-order valence-electron chi connectivity index (χ4n) is 3.54. The molecule has 1 saturated heterocycles. The molecule has 3 rings (SSSR count). The summed E-state index contributed by atoms with van der Waals surface area (Å²) in [6.07, 6.45) is 4.07. The lowest BCUT2D eigenvalue weighted by molar-refractivity contribution is -0.163. The van der Waals surface area contributed by atoms with Crippen LogP contribution < -0.4 is 10.9 Å². The monoisotopic (exact) mass is 343 g/mol. The van der Waals surface area contributed by atoms with E-state index < -0.39 is 29.4 Å². The van der Waals surface area contributed by atoms with Crippen LogP contribution in [-0.2, 0) is 19.2 Å². The number of nitrogens with zero attached hydrogens (tertiary/aromatic N) is 2. The molecule has 25 heavy (non-hydrogen) atoms. The molecule has 1 atom stereocenters. The molecule has 2 N–H and O–H groups in total. The summed E-state index contributed by atoms with van der Waals surface area (Å²) in [5, 5.41) is 0.833. The summed E-state index contributed by atoms with van der Waals surface area (Å²) in [7, 11) is 0. The molecule has 2 aliphatic rings. The van der Waals surface area contributed by atoms with Crippen LogP contribution in [0.15, 0.2) is 30.3 Å². The van der Waals surface area contributed by atoms with Gasteiger partial charge in [0.25, 0.3) is 11.8 Å². The fourth-order valence-corrected chi connectivity index (χ4v) is 3.54. The minimum Gasteiger partial charge on any atom is -0.288 e. The van der Waals surface area contributed by atoms with Gasteiger partial charge in [-0.1, -0.05) is 37.5 Å². The quantitative estimate of drug-likeness (QED) is 0.222. The Morgan fingerprint density at radius 2 is 1.68 bits per heavy atom. The van der Waals surface area contributed by atoms with E-state index >= 15 is 0 Å². The van der Waals surface area contributed by atoms with Crippen LogP contribution in [0.2, 0.25) is 0 Å². The third-order valence-electron chi connectivity index (χ3n) is 4.90. The second kappa shape index (κ2) is 7.14. The molecule has 2 fully saturated rings. The molecule has 1 unspecified atom stereocenters. The van der Waals surface area contributed by atoms with Gasteiger partial charge in [-0.25, -0.2) is 10.9 Å². The van der Waals surface area contributed by atoms with Gasteiger partial charge >= 0.3 is 0 Å². The Balaban J connectivity index is 1.76. The molecule has 1 aliphatic carbocycles. The summed E-state index contributed by atoms with van der Waals surface area (Å²) in [4.78, 5) is 51.0. The maximum atomic E-state index is 12.5. The first-order valence-electron chi connectivity index (χ1n) is 8.54. The largest absolute Gasteiger partial charge is 0.297 e. The second-order valence-electron chi connectivity index (χ2n) is 6.53. The molecule has 0 spiro atoms. The summed E-state index contributed by atoms with van der Waals surface area (Å²) in [5.74, 6) is 1.54. The number of Topliss-reactive ketones (excluding diaryl/α,β-unsaturated/α-hetero) is 1. The third-order valence-corrected chi connectivity index (χ3v) is 4.90. The molecule has 3 amide bonds. The number of hydrazine groups is 1. The molecule has 1 saturated carbocycles. The SMILES string of the molecule is NN(C(=O)C1CC(=O)N(C2CCCCC2)C(=O)C1=O)c1ccccc1. The van der Waals surface area contributed by atoms with Gasteiger partial charge in [-0.05, 0) is 25.0 Å². The van der Waals surface area contributed by atoms with E-state index in [1.54, 1.807) is 30.3 Å². The first-order valence-corrected chi connectivity index (χ1v) is 8.54. The molecule has 1 heterocycles. The van der Waals surface area contributed by atoms with Gasteiger partial charge in [0.05, 0.1) is 5.69 Å². The fraction of sp³-hybridized carbons (Fsp3) is 0.444. The first-order chi connectivity index (χ1) is 12.0. The highest BCUT2D eigenvalue weighted by molar-refractivity contribution is 6.45. The van der Waals surface area contributed by atoms with Gasteiger partial charge < -0.3 is 0 Å². The number of likely N-dealkylation sites (tertiary alicyclic amines) is 1. The predicted octanol–water partition coefficient (Wildman–Crippen LogP) is 1.17. The van der Waals surface area contributed by atoms with E-state index in [9.17, 15) is 19.2 Å². The lowest BCUT2D eigenvalue weighted by Gasteiger charge is -2.36. The lowest BCUT2D eigenvalue weighted by atomic mass is 9.88. The number of ketones is 1. The van der Waals surface area contributed by atoms with E-state index in [1.165, 1.54) is 0 Å². The van der Waals surface area contributed by atoms with Crippen molar-refractivity contribution in [3.8, 4) is 0 Å². The zero-order chi connectivity index (χ0) is 18.0. The molecule has 1 aromatic carbocycles. The maximum Gasteiger partial charge on any atom is 0.297 e. The van der Waals surface area contributed by atoms with Crippen LogP contribution in [0.3, 0.4) is 0 Å². The van der Waals surface area contributed by atoms with Crippen molar-refractivity contribution < 1.29 is 19.2 Å². The van der Waals surface area contributed by atoms with Crippen LogP contribution in [0, 0.1) is 5.92 Å². The van der Waals surface area contributed by atoms with E-state index in [-0.39, 0.29) is 12.5 Å². The van der Waals surface area contributed by atoms with Crippen LogP contribution in [0.5, 0.6) is 0 Å². The van der Waals surface area contributed by atoms with Crippen molar-refractivity contribution >= 4 is 29.2 Å². The van der Waals surface area contributed by atoms with Crippen LogP contribution >= 0.6 is 0 Å². The minimum absolute atomic E-state index is 0.225. The van der Waals surface area contributed by atoms with Crippen LogP contribution in [-0.4, -0.2) is 34.4 Å². The number of anilines is 1. The average Bonchev–Trinajstić information content (AvgIpc) is 2.65. The van der Waals surface area contributed by atoms with Crippen molar-refractivity contribution in [2.24, 2.45) is 11.8 Å². The minimum atomic E-state index is -1.34. The molecular weight excluding hydrogens is 322 g/mol. The number of carbonyl (C=O) groups is 4. The van der Waals surface area contributed by atoms with E-state index in [1.807, 2.05) is 0 Å². The van der Waals surface area contributed by atoms with E-state index in [4.69, 9.17) is 5.84 Å². The molecule has 0 aromatic heterocycles. The van der Waals surface area contributed by atoms with Crippen LogP contribution in [0.25, 0.3) is 0 Å². The van der Waals surface area contributed by atoms with Crippen molar-refractivity contribution in [1.29, 1.82) is 0 Å². The van der Waals surface area contributed by atoms with Gasteiger partial charge in [0.1, 0.15) is 5.92 Å². The number of amides is 3. The highest BCUT2D eigenvalue weighted by atomic mass is 16.2. The molecule has 1 aliphatic heterocycles. The third kappa shape index (κ3) is 3.32. The Bertz CT molecular complexity index is 698. The summed E-state index contributed by atoms with van der Waals surface area (Å²) >= 11 is 0. The maximum absolute atomic E-state index is 12.5. The number of para-hydroxylation sites is 1. The zero-order valence-electron chi connectivity index (χ0n) is 13.9. The van der Waals surface area contributed by atoms with Gasteiger partial charge in [0, 0.05) is 12.5 Å². The molecule has 1 aromatic rings. The molecule has 7 heteroatoms. The number of imide groups is 1. The Labute approximate surface area is 145 Å². The lowest BCUT2D eigenvalue weighted by Crippen LogP contribution is -2.58. The summed E-state index contributed by atoms with van der Waals surface area (Å²) in [6, 6.07) is 8.17. The first kappa shape index (κ1) is 17.3. The molecule has 132 valence electrons. The average molecular weight is 343 g/mol. The molecule has 0 radical (unpaired) electrons. The van der Waals surface area contributed by atoms with Gasteiger partial charge in [-0.2, -0.15) is 0 Å². The standard InChI is InChI=1S/C18H21N3O4/c19-21(13-9-5-2-6-10-13)17(24)14-11-15(22)20(18(25)16(14)23)12-7-3-1-4-8-12/h2,5-6,9-10,12,14H,1,3-4,7-8,11,19H2. The van der Waals surface area contributed by atoms with Crippen molar-refractivity contribution in [2.45, 2.75) is 44.6 Å². The Kier molecular flexibility index (Phi) is 4.94. The number of hydrogen-bond acceptors (Lipinski definition) is 5. The van der Waals surface area contributed by atoms with Crippen LogP contribution in [0.1, 0.15) is 38.5 Å². The predicted molar refractivity (Wildman–Crippen MR) is 90.0 cm³/mol. The van der Waals surface area contributed by atoms with Gasteiger partial charge in [-0.3, -0.25) is 24.1 Å². The zero-order valence-corrected chi connectivity index (χ0v) is 13.9. The smallest absolute Gasteiger partial charge is 0.288 e. The number of carbonyl (C=O) groups excluding carboxylic acids is 4. The molecule has 0 bridgehead atoms. The highest BCUT2D eigenvalue weighted by Gasteiger charge is 2.47. The van der Waals surface area contributed by atoms with Crippen molar-refractivity contribution in [3.05, 3.63) is 30.3 Å². The Morgan fingerprint density at radius 3 is 2.32 bits per heavy atom. The highest BCUT2D eigenvalue weighted by Crippen LogP contribution is 2.28. The summed E-state index contributed by atoms with van der Waals surface area (Å²) in [5.41, 5.74) is 0.398. The topological polar surface area (TPSA) is 101 Å². The van der Waals surface area contributed by atoms with E-state index in [0.717, 1.165) is 42.0 Å². The Morgan fingerprint density at radius 1 is 1.04 bits per heavy atom. The van der Waals surface area contributed by atoms with E-state index in [0.29, 0.717) is 5.69 Å². The number of rotatable bonds is 3. The Hall–Kier alpha value is -2.54. The number of hydrogen-bond donors (Lipinski definition) is 1. The summed E-state index contributed by atoms with van der Waals surface area (Å²) in [6.45, 7) is 0. The molecular formula is C18H21N3O4. The number of nitrogens with two attached hydrogens (primary N) is 1. The van der Waals surface area contributed by atoms with Gasteiger partial charge in [-0.15, -0.1) is 0 Å². The van der Waals surface area contributed by atoms with Crippen molar-refractivity contribution in [3.63, 3.8) is 0 Å². The number of piperidine rings is 1. The van der Waals surface area contributed by atoms with Gasteiger partial charge in [0.15, 0.2) is 0 Å². The van der Waals surface area contributed by atoms with Crippen LogP contribution in [0.4, 0.5) is 5.69 Å².